The summed E-state index contributed by atoms with van der Waals surface area (Å²) in [6.45, 7) is 0. The molecule has 2 aromatic rings. The molecule has 0 unspecified atom stereocenters. The van der Waals surface area contributed by atoms with Crippen LogP contribution in [0.2, 0.25) is 0 Å². The van der Waals surface area contributed by atoms with Gasteiger partial charge < -0.3 is 0 Å². The molecule has 0 fully saturated rings. The van der Waals surface area contributed by atoms with E-state index in [4.69, 9.17) is 0 Å². The van der Waals surface area contributed by atoms with Crippen LogP contribution in [0.15, 0.2) is 36.4 Å². The van der Waals surface area contributed by atoms with E-state index < -0.39 is 0 Å². The van der Waals surface area contributed by atoms with Crippen LogP contribution in [0.5, 0.6) is 0 Å². The van der Waals surface area contributed by atoms with Gasteiger partial charge in [0.25, 0.3) is 0 Å². The molecule has 0 N–H and O–H groups in total. The minimum atomic E-state index is 1.33. The van der Waals surface area contributed by atoms with Crippen LogP contribution in [-0.2, 0) is 0 Å². The maximum atomic E-state index is 2.37. The Hall–Kier alpha value is -0.505. The van der Waals surface area contributed by atoms with Crippen LogP contribution in [0.3, 0.4) is 0 Å². The highest BCUT2D eigenvalue weighted by Gasteiger charge is 1.97. The van der Waals surface area contributed by atoms with Gasteiger partial charge in [-0.2, -0.15) is 0 Å². The molecule has 0 aliphatic rings. The fourth-order valence-electron chi connectivity index (χ4n) is 1.43. The first-order valence-electron chi connectivity index (χ1n) is 3.93. The summed E-state index contributed by atoms with van der Waals surface area (Å²) >= 11 is 2.37. The minimum absolute atomic E-state index is 1.33. The first kappa shape index (κ1) is 8.11. The summed E-state index contributed by atoms with van der Waals surface area (Å²) in [5.74, 6) is 0. The van der Waals surface area contributed by atoms with Crippen LogP contribution in [0, 0.1) is 3.57 Å². The number of rotatable bonds is 0. The SMILES string of the molecule is Bc1cccc2c(I)cccc12. The minimum Gasteiger partial charge on any atom is -0.0812 e. The predicted molar refractivity (Wildman–Crippen MR) is 64.8 cm³/mol. The Labute approximate surface area is 86.5 Å². The number of hydrogen-bond acceptors (Lipinski definition) is 0. The average molecular weight is 266 g/mol. The lowest BCUT2D eigenvalue weighted by atomic mass is 9.90. The Bertz CT molecular complexity index is 382. The van der Waals surface area contributed by atoms with Gasteiger partial charge in [-0.3, -0.25) is 0 Å². The van der Waals surface area contributed by atoms with Crippen molar-refractivity contribution in [1.29, 1.82) is 0 Å². The van der Waals surface area contributed by atoms with E-state index >= 15 is 0 Å². The number of halogens is 1. The molecule has 0 aliphatic heterocycles. The molecular formula is C10H8BI. The third-order valence-corrected chi connectivity index (χ3v) is 3.03. The molecule has 0 saturated heterocycles. The Kier molecular flexibility index (Phi) is 2.09. The summed E-state index contributed by atoms with van der Waals surface area (Å²) in [5.41, 5.74) is 1.35. The highest BCUT2D eigenvalue weighted by atomic mass is 127. The smallest absolute Gasteiger partial charge is 0.0812 e. The molecule has 0 saturated carbocycles. The summed E-state index contributed by atoms with van der Waals surface area (Å²) in [6, 6.07) is 12.9. The zero-order valence-electron chi connectivity index (χ0n) is 6.84. The Morgan fingerprint density at radius 3 is 2.33 bits per heavy atom. The molecule has 0 aliphatic carbocycles. The second-order valence-electron chi connectivity index (χ2n) is 2.91. The van der Waals surface area contributed by atoms with Crippen LogP contribution in [-0.4, -0.2) is 7.85 Å². The van der Waals surface area contributed by atoms with Gasteiger partial charge in [-0.25, -0.2) is 0 Å². The molecule has 58 valence electrons. The molecule has 2 aromatic carbocycles. The van der Waals surface area contributed by atoms with Crippen molar-refractivity contribution in [2.75, 3.05) is 0 Å². The van der Waals surface area contributed by atoms with Crippen molar-refractivity contribution >= 4 is 46.7 Å². The van der Waals surface area contributed by atoms with E-state index in [2.05, 4.69) is 66.8 Å². The third kappa shape index (κ3) is 1.24. The van der Waals surface area contributed by atoms with Crippen LogP contribution in [0.4, 0.5) is 0 Å². The lowest BCUT2D eigenvalue weighted by Gasteiger charge is -2.02. The van der Waals surface area contributed by atoms with Gasteiger partial charge in [-0.1, -0.05) is 35.8 Å². The first-order valence-corrected chi connectivity index (χ1v) is 5.01. The number of fused-ring (bicyclic) bond motifs is 1. The van der Waals surface area contributed by atoms with Gasteiger partial charge in [-0.05, 0) is 39.4 Å². The van der Waals surface area contributed by atoms with Crippen molar-refractivity contribution in [3.63, 3.8) is 0 Å². The van der Waals surface area contributed by atoms with Crippen LogP contribution < -0.4 is 5.46 Å². The normalized spacial score (nSPS) is 10.4. The first-order chi connectivity index (χ1) is 5.79. The van der Waals surface area contributed by atoms with Crippen molar-refractivity contribution in [3.8, 4) is 0 Å². The van der Waals surface area contributed by atoms with E-state index in [1.165, 1.54) is 19.8 Å². The van der Waals surface area contributed by atoms with E-state index in [-0.39, 0.29) is 0 Å². The summed E-state index contributed by atoms with van der Waals surface area (Å²) < 4.78 is 1.33. The highest BCUT2D eigenvalue weighted by Crippen LogP contribution is 2.17. The third-order valence-electron chi connectivity index (χ3n) is 2.09. The van der Waals surface area contributed by atoms with Gasteiger partial charge in [0, 0.05) is 3.57 Å². The van der Waals surface area contributed by atoms with Crippen molar-refractivity contribution in [2.24, 2.45) is 0 Å². The summed E-state index contributed by atoms with van der Waals surface area (Å²) in [4.78, 5) is 0. The summed E-state index contributed by atoms with van der Waals surface area (Å²) in [5, 5.41) is 2.72. The lowest BCUT2D eigenvalue weighted by molar-refractivity contribution is 1.73. The lowest BCUT2D eigenvalue weighted by Crippen LogP contribution is -2.02. The quantitative estimate of drug-likeness (QED) is 0.503. The average Bonchev–Trinajstić information content (AvgIpc) is 2.07. The molecule has 0 spiro atoms. The van der Waals surface area contributed by atoms with Crippen molar-refractivity contribution in [3.05, 3.63) is 40.0 Å². The van der Waals surface area contributed by atoms with Crippen molar-refractivity contribution in [2.45, 2.75) is 0 Å². The maximum Gasteiger partial charge on any atom is 0.140 e. The molecule has 0 amide bonds. The van der Waals surface area contributed by atoms with Gasteiger partial charge in [0.1, 0.15) is 7.85 Å². The molecule has 0 aromatic heterocycles. The topological polar surface area (TPSA) is 0 Å². The number of hydrogen-bond donors (Lipinski definition) is 0. The van der Waals surface area contributed by atoms with Crippen molar-refractivity contribution < 1.29 is 0 Å². The Morgan fingerprint density at radius 1 is 0.917 bits per heavy atom. The zero-order valence-corrected chi connectivity index (χ0v) is 9.00. The second-order valence-corrected chi connectivity index (χ2v) is 4.07. The molecule has 2 rings (SSSR count). The second kappa shape index (κ2) is 3.09. The van der Waals surface area contributed by atoms with Gasteiger partial charge in [0.05, 0.1) is 0 Å². The van der Waals surface area contributed by atoms with Crippen LogP contribution in [0.1, 0.15) is 0 Å². The summed E-state index contributed by atoms with van der Waals surface area (Å²) in [6.07, 6.45) is 0. The number of benzene rings is 2. The van der Waals surface area contributed by atoms with Crippen molar-refractivity contribution in [1.82, 2.24) is 0 Å². The largest absolute Gasteiger partial charge is 0.140 e. The van der Waals surface area contributed by atoms with E-state index in [0.717, 1.165) is 0 Å². The fourth-order valence-corrected chi connectivity index (χ4v) is 2.11. The van der Waals surface area contributed by atoms with Gasteiger partial charge in [-0.15, -0.1) is 0 Å². The standard InChI is InChI=1S/C10H8BI/c11-9-5-1-4-8-7(9)3-2-6-10(8)12/h1-6H,11H2. The van der Waals surface area contributed by atoms with E-state index in [1.807, 2.05) is 0 Å². The van der Waals surface area contributed by atoms with Crippen LogP contribution >= 0.6 is 22.6 Å². The molecule has 0 radical (unpaired) electrons. The van der Waals surface area contributed by atoms with Gasteiger partial charge in [0.15, 0.2) is 0 Å². The molecular weight excluding hydrogens is 258 g/mol. The molecule has 0 bridgehead atoms. The maximum absolute atomic E-state index is 2.37. The molecule has 12 heavy (non-hydrogen) atoms. The predicted octanol–water partition coefficient (Wildman–Crippen LogP) is 1.70. The monoisotopic (exact) mass is 266 g/mol. The summed E-state index contributed by atoms with van der Waals surface area (Å²) in [7, 11) is 2.15. The fraction of sp³-hybridized carbons (Fsp3) is 0. The zero-order chi connectivity index (χ0) is 8.55. The highest BCUT2D eigenvalue weighted by molar-refractivity contribution is 14.1. The van der Waals surface area contributed by atoms with Crippen LogP contribution in [0.25, 0.3) is 10.8 Å². The molecule has 0 heterocycles. The Morgan fingerprint density at radius 2 is 1.58 bits per heavy atom. The van der Waals surface area contributed by atoms with Gasteiger partial charge >= 0.3 is 0 Å². The molecule has 0 nitrogen and oxygen atoms in total. The van der Waals surface area contributed by atoms with E-state index in [0.29, 0.717) is 0 Å². The Balaban J connectivity index is 2.94. The van der Waals surface area contributed by atoms with E-state index in [1.54, 1.807) is 0 Å². The van der Waals surface area contributed by atoms with E-state index in [9.17, 15) is 0 Å². The molecule has 0 atom stereocenters. The molecule has 2 heteroatoms. The van der Waals surface area contributed by atoms with Gasteiger partial charge in [0.2, 0.25) is 0 Å².